The lowest BCUT2D eigenvalue weighted by atomic mass is 9.98. The Labute approximate surface area is 302 Å². The molecule has 0 aliphatic heterocycles. The molecule has 0 fully saturated rings. The van der Waals surface area contributed by atoms with E-state index in [1.54, 1.807) is 0 Å². The van der Waals surface area contributed by atoms with Crippen LogP contribution in [0.25, 0.3) is 97.9 Å². The first kappa shape index (κ1) is 27.5. The molecule has 0 saturated carbocycles. The van der Waals surface area contributed by atoms with Crippen LogP contribution in [-0.2, 0) is 0 Å². The number of hydrogen-bond acceptors (Lipinski definition) is 2. The van der Waals surface area contributed by atoms with Gasteiger partial charge in [0.15, 0.2) is 0 Å². The molecule has 13 rings (SSSR count). The molecule has 0 aliphatic carbocycles. The molecule has 0 spiro atoms. The summed E-state index contributed by atoms with van der Waals surface area (Å²) in [6, 6.07) is 59.6. The van der Waals surface area contributed by atoms with Gasteiger partial charge in [0.2, 0.25) is 0 Å². The van der Waals surface area contributed by atoms with Gasteiger partial charge in [-0.25, -0.2) is 4.98 Å². The molecule has 0 atom stereocenters. The number of benzene rings is 8. The number of anilines is 3. The van der Waals surface area contributed by atoms with Crippen LogP contribution in [0.1, 0.15) is 0 Å². The summed E-state index contributed by atoms with van der Waals surface area (Å²) in [4.78, 5) is 7.87. The highest BCUT2D eigenvalue weighted by Crippen LogP contribution is 2.50. The van der Waals surface area contributed by atoms with E-state index in [2.05, 4.69) is 184 Å². The fourth-order valence-corrected chi connectivity index (χ4v) is 9.71. The van der Waals surface area contributed by atoms with Crippen molar-refractivity contribution in [3.63, 3.8) is 0 Å². The molecular formula is C49H28N4. The number of pyridine rings is 1. The van der Waals surface area contributed by atoms with Crippen molar-refractivity contribution in [3.8, 4) is 0 Å². The summed E-state index contributed by atoms with van der Waals surface area (Å²) in [5.41, 5.74) is 10.4. The average molecular weight is 673 g/mol. The third-order valence-corrected chi connectivity index (χ3v) is 11.7. The quantitative estimate of drug-likeness (QED) is 0.187. The van der Waals surface area contributed by atoms with Crippen molar-refractivity contribution in [1.82, 2.24) is 13.8 Å². The van der Waals surface area contributed by atoms with Gasteiger partial charge in [-0.3, -0.25) is 4.40 Å². The lowest BCUT2D eigenvalue weighted by molar-refractivity contribution is 1.25. The van der Waals surface area contributed by atoms with Gasteiger partial charge < -0.3 is 9.30 Å². The number of fused-ring (bicyclic) bond motifs is 17. The minimum absolute atomic E-state index is 1.01. The summed E-state index contributed by atoms with van der Waals surface area (Å²) in [7, 11) is 0. The van der Waals surface area contributed by atoms with Crippen molar-refractivity contribution in [3.05, 3.63) is 170 Å². The van der Waals surface area contributed by atoms with Crippen LogP contribution in [0, 0.1) is 0 Å². The first-order valence-electron chi connectivity index (χ1n) is 18.2. The molecule has 0 bridgehead atoms. The van der Waals surface area contributed by atoms with Crippen LogP contribution >= 0.6 is 0 Å². The van der Waals surface area contributed by atoms with Gasteiger partial charge in [0.25, 0.3) is 0 Å². The Bertz CT molecular complexity index is 3580. The lowest BCUT2D eigenvalue weighted by Crippen LogP contribution is -2.10. The van der Waals surface area contributed by atoms with E-state index in [0.717, 1.165) is 28.2 Å². The van der Waals surface area contributed by atoms with E-state index in [4.69, 9.17) is 4.98 Å². The van der Waals surface area contributed by atoms with Gasteiger partial charge >= 0.3 is 0 Å². The molecule has 0 saturated heterocycles. The largest absolute Gasteiger partial charge is 0.308 e. The molecule has 53 heavy (non-hydrogen) atoms. The summed E-state index contributed by atoms with van der Waals surface area (Å²) in [5, 5.41) is 15.0. The van der Waals surface area contributed by atoms with Crippen molar-refractivity contribution >= 4 is 115 Å². The number of aromatic nitrogens is 3. The summed E-state index contributed by atoms with van der Waals surface area (Å²) in [6.45, 7) is 0. The summed E-state index contributed by atoms with van der Waals surface area (Å²) < 4.78 is 4.97. The van der Waals surface area contributed by atoms with Gasteiger partial charge in [0, 0.05) is 59.9 Å². The Morgan fingerprint density at radius 2 is 0.981 bits per heavy atom. The first-order chi connectivity index (χ1) is 26.3. The molecule has 0 N–H and O–H groups in total. The van der Waals surface area contributed by atoms with Crippen LogP contribution < -0.4 is 4.90 Å². The van der Waals surface area contributed by atoms with E-state index >= 15 is 0 Å². The third kappa shape index (κ3) is 3.34. The maximum atomic E-state index is 5.48. The molecule has 0 radical (unpaired) electrons. The Hall–Kier alpha value is -7.17. The fraction of sp³-hybridized carbons (Fsp3) is 0. The Kier molecular flexibility index (Phi) is 5.08. The molecule has 0 aliphatic rings. The van der Waals surface area contributed by atoms with Crippen LogP contribution in [-0.4, -0.2) is 13.8 Å². The van der Waals surface area contributed by atoms with Gasteiger partial charge in [-0.05, 0) is 52.6 Å². The second-order valence-corrected chi connectivity index (χ2v) is 14.3. The highest BCUT2D eigenvalue weighted by Gasteiger charge is 2.28. The molecule has 13 aromatic rings. The Balaban J connectivity index is 1.27. The van der Waals surface area contributed by atoms with E-state index in [-0.39, 0.29) is 0 Å². The van der Waals surface area contributed by atoms with E-state index in [1.165, 1.54) is 86.7 Å². The molecule has 0 amide bonds. The number of para-hydroxylation sites is 4. The Morgan fingerprint density at radius 1 is 0.377 bits per heavy atom. The SMILES string of the molecule is c1ccc(N(c2ccccc2)c2cccc3c4cccc5c6c7c8c9ccccc9cc9c%10ccc%11ccccc%11c%10n(c7ncc6n(c23)c45)c98)cc1. The average Bonchev–Trinajstić information content (AvgIpc) is 3.95. The molecule has 8 aromatic carbocycles. The Morgan fingerprint density at radius 3 is 1.77 bits per heavy atom. The maximum absolute atomic E-state index is 5.48. The number of rotatable bonds is 3. The topological polar surface area (TPSA) is 24.9 Å². The smallest absolute Gasteiger partial charge is 0.146 e. The normalized spacial score (nSPS) is 12.5. The van der Waals surface area contributed by atoms with Crippen LogP contribution in [0.4, 0.5) is 17.1 Å². The molecular weight excluding hydrogens is 645 g/mol. The second-order valence-electron chi connectivity index (χ2n) is 14.3. The highest BCUT2D eigenvalue weighted by molar-refractivity contribution is 6.40. The summed E-state index contributed by atoms with van der Waals surface area (Å²) >= 11 is 0. The fourth-order valence-electron chi connectivity index (χ4n) is 9.71. The van der Waals surface area contributed by atoms with E-state index in [9.17, 15) is 0 Å². The van der Waals surface area contributed by atoms with Crippen molar-refractivity contribution in [2.45, 2.75) is 0 Å². The van der Waals surface area contributed by atoms with Crippen molar-refractivity contribution < 1.29 is 0 Å². The first-order valence-corrected chi connectivity index (χ1v) is 18.2. The van der Waals surface area contributed by atoms with E-state index < -0.39 is 0 Å². The molecule has 5 heterocycles. The predicted octanol–water partition coefficient (Wildman–Crippen LogP) is 13.2. The highest BCUT2D eigenvalue weighted by atomic mass is 15.2. The third-order valence-electron chi connectivity index (χ3n) is 11.7. The van der Waals surface area contributed by atoms with Crippen LogP contribution in [0.2, 0.25) is 0 Å². The molecule has 4 heteroatoms. The van der Waals surface area contributed by atoms with Gasteiger partial charge in [0.05, 0.1) is 39.5 Å². The standard InChI is InChI=1S/C49H28N4/c1-3-15-31(16-4-1)51(32-17-5-2-6-18-32)40-24-12-22-36-35-21-11-23-38-42-41(52(46(35)38)47(36)40)28-50-49-44(42)43-33-19-9-8-14-30(33)27-39-37-26-25-29-13-7-10-20-34(29)45(37)53(49)48(39)43/h1-28H. The van der Waals surface area contributed by atoms with Gasteiger partial charge in [-0.1, -0.05) is 127 Å². The van der Waals surface area contributed by atoms with Crippen LogP contribution in [0.5, 0.6) is 0 Å². The second kappa shape index (κ2) is 9.78. The van der Waals surface area contributed by atoms with Crippen LogP contribution in [0.3, 0.4) is 0 Å². The number of hydrogen-bond donors (Lipinski definition) is 0. The van der Waals surface area contributed by atoms with Crippen LogP contribution in [0.15, 0.2) is 170 Å². The predicted molar refractivity (Wildman–Crippen MR) is 223 cm³/mol. The zero-order valence-corrected chi connectivity index (χ0v) is 28.5. The molecule has 0 unspecified atom stereocenters. The van der Waals surface area contributed by atoms with Crippen molar-refractivity contribution in [2.24, 2.45) is 0 Å². The van der Waals surface area contributed by atoms with Gasteiger partial charge in [-0.15, -0.1) is 0 Å². The van der Waals surface area contributed by atoms with Gasteiger partial charge in [-0.2, -0.15) is 0 Å². The molecule has 244 valence electrons. The van der Waals surface area contributed by atoms with Crippen molar-refractivity contribution in [2.75, 3.05) is 4.90 Å². The molecule has 5 aromatic heterocycles. The maximum Gasteiger partial charge on any atom is 0.146 e. The lowest BCUT2D eigenvalue weighted by Gasteiger charge is -2.26. The minimum Gasteiger partial charge on any atom is -0.308 e. The van der Waals surface area contributed by atoms with Crippen molar-refractivity contribution in [1.29, 1.82) is 0 Å². The summed E-state index contributed by atoms with van der Waals surface area (Å²) in [6.07, 6.45) is 2.13. The monoisotopic (exact) mass is 672 g/mol. The van der Waals surface area contributed by atoms with Gasteiger partial charge in [0.1, 0.15) is 5.65 Å². The number of nitrogens with zero attached hydrogens (tertiary/aromatic N) is 4. The zero-order chi connectivity index (χ0) is 34.4. The minimum atomic E-state index is 1.01. The zero-order valence-electron chi connectivity index (χ0n) is 28.5. The van der Waals surface area contributed by atoms with E-state index in [0.29, 0.717) is 0 Å². The van der Waals surface area contributed by atoms with E-state index in [1.807, 2.05) is 0 Å². The summed E-state index contributed by atoms with van der Waals surface area (Å²) in [5.74, 6) is 0. The molecule has 4 nitrogen and oxygen atoms in total.